The van der Waals surface area contributed by atoms with Gasteiger partial charge in [-0.15, -0.1) is 0 Å². The first-order valence-corrected chi connectivity index (χ1v) is 8.59. The number of hydrogen-bond acceptors (Lipinski definition) is 6. The van der Waals surface area contributed by atoms with Crippen molar-refractivity contribution >= 4 is 23.3 Å². The van der Waals surface area contributed by atoms with E-state index in [1.54, 1.807) is 24.9 Å². The van der Waals surface area contributed by atoms with Crippen molar-refractivity contribution in [1.29, 1.82) is 0 Å². The molecule has 27 heavy (non-hydrogen) atoms. The van der Waals surface area contributed by atoms with Crippen molar-refractivity contribution in [2.75, 3.05) is 12.0 Å². The number of nitrogens with zero attached hydrogens (tertiary/aromatic N) is 5. The van der Waals surface area contributed by atoms with Crippen LogP contribution >= 0.6 is 0 Å². The van der Waals surface area contributed by atoms with Gasteiger partial charge in [0, 0.05) is 26.7 Å². The Balaban J connectivity index is 1.93. The van der Waals surface area contributed by atoms with Crippen LogP contribution in [0.2, 0.25) is 0 Å². The maximum atomic E-state index is 12.4. The minimum Gasteiger partial charge on any atom is -0.493 e. The highest BCUT2D eigenvalue weighted by Gasteiger charge is 2.16. The number of fused-ring (bicyclic) bond motifs is 1. The van der Waals surface area contributed by atoms with Crippen molar-refractivity contribution in [3.8, 4) is 5.75 Å². The third-order valence-corrected chi connectivity index (χ3v) is 4.22. The van der Waals surface area contributed by atoms with Crippen LogP contribution in [0.3, 0.4) is 0 Å². The molecule has 142 valence electrons. The van der Waals surface area contributed by atoms with Crippen LogP contribution in [0.4, 0.5) is 5.95 Å². The molecule has 2 heterocycles. The molecule has 0 radical (unpaired) electrons. The molecular formula is C18H22N6O3. The lowest BCUT2D eigenvalue weighted by molar-refractivity contribution is 0.317. The summed E-state index contributed by atoms with van der Waals surface area (Å²) in [4.78, 5) is 28.8. The monoisotopic (exact) mass is 370 g/mol. The second kappa shape index (κ2) is 7.48. The van der Waals surface area contributed by atoms with Gasteiger partial charge in [0.2, 0.25) is 5.95 Å². The summed E-state index contributed by atoms with van der Waals surface area (Å²) >= 11 is 0. The molecule has 0 amide bonds. The minimum atomic E-state index is -0.428. The van der Waals surface area contributed by atoms with Gasteiger partial charge in [-0.1, -0.05) is 19.1 Å². The van der Waals surface area contributed by atoms with E-state index in [0.717, 1.165) is 22.3 Å². The number of aryl methyl sites for hydroxylation is 2. The molecule has 0 atom stereocenters. The van der Waals surface area contributed by atoms with E-state index in [2.05, 4.69) is 15.5 Å². The molecule has 3 rings (SSSR count). The van der Waals surface area contributed by atoms with Gasteiger partial charge in [0.25, 0.3) is 5.56 Å². The highest BCUT2D eigenvalue weighted by atomic mass is 16.5. The summed E-state index contributed by atoms with van der Waals surface area (Å²) in [5, 5.41) is 4.21. The number of hydrogen-bond donors (Lipinski definition) is 1. The normalized spacial score (nSPS) is 11.4. The Morgan fingerprint density at radius 1 is 1.15 bits per heavy atom. The molecule has 0 unspecified atom stereocenters. The Bertz CT molecular complexity index is 1120. The third-order valence-electron chi connectivity index (χ3n) is 4.22. The molecule has 0 aliphatic heterocycles. The predicted octanol–water partition coefficient (Wildman–Crippen LogP) is 1.21. The largest absolute Gasteiger partial charge is 0.493 e. The molecule has 9 nitrogen and oxygen atoms in total. The number of para-hydroxylation sites is 1. The van der Waals surface area contributed by atoms with Crippen LogP contribution in [0.1, 0.15) is 18.9 Å². The van der Waals surface area contributed by atoms with E-state index in [0.29, 0.717) is 23.7 Å². The molecule has 0 bridgehead atoms. The zero-order valence-electron chi connectivity index (χ0n) is 15.8. The van der Waals surface area contributed by atoms with Crippen LogP contribution < -0.4 is 21.4 Å². The number of ether oxygens (including phenoxy) is 1. The molecule has 9 heteroatoms. The van der Waals surface area contributed by atoms with Gasteiger partial charge in [0.1, 0.15) is 5.75 Å². The first kappa shape index (κ1) is 18.4. The van der Waals surface area contributed by atoms with Crippen molar-refractivity contribution in [2.45, 2.75) is 13.3 Å². The fraction of sp³-hybridized carbons (Fsp3) is 0.333. The Kier molecular flexibility index (Phi) is 5.11. The number of hydrazone groups is 1. The first-order valence-electron chi connectivity index (χ1n) is 8.59. The molecule has 0 fully saturated rings. The van der Waals surface area contributed by atoms with Crippen molar-refractivity contribution in [2.24, 2.45) is 26.2 Å². The number of nitrogens with one attached hydrogen (secondary N) is 1. The van der Waals surface area contributed by atoms with Gasteiger partial charge in [0.05, 0.1) is 12.8 Å². The minimum absolute atomic E-state index is 0.301. The van der Waals surface area contributed by atoms with Crippen molar-refractivity contribution < 1.29 is 4.74 Å². The van der Waals surface area contributed by atoms with E-state index in [-0.39, 0.29) is 0 Å². The van der Waals surface area contributed by atoms with E-state index in [1.807, 2.05) is 31.2 Å². The lowest BCUT2D eigenvalue weighted by Crippen LogP contribution is -2.37. The molecule has 1 aromatic carbocycles. The zero-order valence-corrected chi connectivity index (χ0v) is 15.8. The molecule has 0 saturated carbocycles. The van der Waals surface area contributed by atoms with Gasteiger partial charge in [-0.05, 0) is 18.6 Å². The third kappa shape index (κ3) is 3.35. The van der Waals surface area contributed by atoms with Crippen LogP contribution in [0.25, 0.3) is 11.2 Å². The second-order valence-corrected chi connectivity index (χ2v) is 6.13. The number of anilines is 1. The number of rotatable bonds is 6. The Morgan fingerprint density at radius 2 is 1.89 bits per heavy atom. The summed E-state index contributed by atoms with van der Waals surface area (Å²) in [5.41, 5.74) is 3.44. The summed E-state index contributed by atoms with van der Waals surface area (Å²) < 4.78 is 9.66. The van der Waals surface area contributed by atoms with E-state index in [4.69, 9.17) is 4.74 Å². The van der Waals surface area contributed by atoms with Gasteiger partial charge in [0.15, 0.2) is 11.2 Å². The van der Waals surface area contributed by atoms with Crippen LogP contribution in [0.5, 0.6) is 5.75 Å². The predicted molar refractivity (Wildman–Crippen MR) is 105 cm³/mol. The van der Waals surface area contributed by atoms with E-state index in [1.165, 1.54) is 11.6 Å². The maximum Gasteiger partial charge on any atom is 0.332 e. The van der Waals surface area contributed by atoms with Crippen LogP contribution in [-0.2, 0) is 21.1 Å². The molecule has 0 spiro atoms. The van der Waals surface area contributed by atoms with E-state index < -0.39 is 11.2 Å². The lowest BCUT2D eigenvalue weighted by atomic mass is 10.2. The van der Waals surface area contributed by atoms with Crippen LogP contribution in [0, 0.1) is 0 Å². The fourth-order valence-electron chi connectivity index (χ4n) is 2.71. The quantitative estimate of drug-likeness (QED) is 0.520. The molecule has 0 aliphatic rings. The molecule has 1 N–H and O–H groups in total. The SMILES string of the molecule is CCCOc1ccccc1/C=N/Nc1nc2c(c(=O)n(C)c(=O)n2C)n1C. The highest BCUT2D eigenvalue weighted by molar-refractivity contribution is 5.84. The van der Waals surface area contributed by atoms with Gasteiger partial charge >= 0.3 is 5.69 Å². The Morgan fingerprint density at radius 3 is 2.63 bits per heavy atom. The van der Waals surface area contributed by atoms with Gasteiger partial charge in [-0.3, -0.25) is 13.9 Å². The van der Waals surface area contributed by atoms with E-state index in [9.17, 15) is 9.59 Å². The van der Waals surface area contributed by atoms with Crippen LogP contribution in [0.15, 0.2) is 39.0 Å². The fourth-order valence-corrected chi connectivity index (χ4v) is 2.71. The Hall–Kier alpha value is -3.36. The van der Waals surface area contributed by atoms with Crippen molar-refractivity contribution in [3.63, 3.8) is 0 Å². The standard InChI is InChI=1S/C18H22N6O3/c1-5-10-27-13-9-7-6-8-12(13)11-19-21-17-20-15-14(22(17)2)16(25)24(4)18(26)23(15)3/h6-9,11H,5,10H2,1-4H3,(H,20,21)/b19-11+. The topological polar surface area (TPSA) is 95.4 Å². The first-order chi connectivity index (χ1) is 13.0. The molecule has 3 aromatic rings. The average Bonchev–Trinajstić information content (AvgIpc) is 3.00. The number of benzene rings is 1. The van der Waals surface area contributed by atoms with Gasteiger partial charge < -0.3 is 9.30 Å². The summed E-state index contributed by atoms with van der Waals surface area (Å²) in [6, 6.07) is 7.57. The van der Waals surface area contributed by atoms with E-state index >= 15 is 0 Å². The van der Waals surface area contributed by atoms with Crippen LogP contribution in [-0.4, -0.2) is 31.5 Å². The highest BCUT2D eigenvalue weighted by Crippen LogP contribution is 2.17. The summed E-state index contributed by atoms with van der Waals surface area (Å²) in [5.74, 6) is 1.10. The molecule has 0 saturated heterocycles. The van der Waals surface area contributed by atoms with Gasteiger partial charge in [-0.25, -0.2) is 10.2 Å². The lowest BCUT2D eigenvalue weighted by Gasteiger charge is -2.07. The van der Waals surface area contributed by atoms with Crippen molar-refractivity contribution in [1.82, 2.24) is 18.7 Å². The molecule has 2 aromatic heterocycles. The smallest absolute Gasteiger partial charge is 0.332 e. The Labute approximate surface area is 155 Å². The second-order valence-electron chi connectivity index (χ2n) is 6.13. The summed E-state index contributed by atoms with van der Waals surface area (Å²) in [6.45, 7) is 2.67. The number of aromatic nitrogens is 4. The molecule has 0 aliphatic carbocycles. The van der Waals surface area contributed by atoms with Gasteiger partial charge in [-0.2, -0.15) is 10.1 Å². The average molecular weight is 370 g/mol. The summed E-state index contributed by atoms with van der Waals surface area (Å²) in [7, 11) is 4.71. The summed E-state index contributed by atoms with van der Waals surface area (Å²) in [6.07, 6.45) is 2.54. The number of imidazole rings is 1. The molecular weight excluding hydrogens is 348 g/mol. The zero-order chi connectivity index (χ0) is 19.6. The maximum absolute atomic E-state index is 12.4. The van der Waals surface area contributed by atoms with Crippen molar-refractivity contribution in [3.05, 3.63) is 50.7 Å².